The Bertz CT molecular complexity index is 854. The van der Waals surface area contributed by atoms with Crippen LogP contribution in [0.25, 0.3) is 0 Å². The zero-order valence-electron chi connectivity index (χ0n) is 12.5. The number of ether oxygens (including phenoxy) is 1. The summed E-state index contributed by atoms with van der Waals surface area (Å²) in [6, 6.07) is 10.1. The van der Waals surface area contributed by atoms with Crippen molar-refractivity contribution in [2.24, 2.45) is 5.14 Å². The third-order valence-electron chi connectivity index (χ3n) is 3.02. The number of primary sulfonamides is 1. The van der Waals surface area contributed by atoms with Crippen molar-refractivity contribution in [3.63, 3.8) is 0 Å². The first-order valence-corrected chi connectivity index (χ1v) is 9.02. The summed E-state index contributed by atoms with van der Waals surface area (Å²) < 4.78 is 27.9. The van der Waals surface area contributed by atoms with Gasteiger partial charge in [-0.2, -0.15) is 0 Å². The van der Waals surface area contributed by atoms with Crippen LogP contribution in [-0.4, -0.2) is 20.4 Å². The fourth-order valence-corrected chi connectivity index (χ4v) is 2.62. The summed E-state index contributed by atoms with van der Waals surface area (Å²) in [5, 5.41) is 8.37. The number of nitrogens with one attached hydrogen (secondary N) is 1. The second kappa shape index (κ2) is 7.40. The van der Waals surface area contributed by atoms with Gasteiger partial charge in [0.25, 0.3) is 5.91 Å². The molecule has 0 aliphatic carbocycles. The lowest BCUT2D eigenvalue weighted by molar-refractivity contribution is -0.122. The van der Waals surface area contributed by atoms with E-state index < -0.39 is 22.0 Å². The molecular weight excluding hydrogens is 375 g/mol. The van der Waals surface area contributed by atoms with Crippen molar-refractivity contribution in [1.82, 2.24) is 0 Å². The maximum atomic E-state index is 12.1. The van der Waals surface area contributed by atoms with Gasteiger partial charge in [0.05, 0.1) is 9.92 Å². The number of hydrogen-bond donors (Lipinski definition) is 2. The van der Waals surface area contributed by atoms with Crippen LogP contribution in [0, 0.1) is 0 Å². The molecule has 0 saturated heterocycles. The maximum Gasteiger partial charge on any atom is 0.265 e. The Morgan fingerprint density at radius 3 is 2.38 bits per heavy atom. The van der Waals surface area contributed by atoms with Crippen molar-refractivity contribution in [3.8, 4) is 5.75 Å². The molecule has 2 aromatic carbocycles. The van der Waals surface area contributed by atoms with Gasteiger partial charge >= 0.3 is 0 Å². The van der Waals surface area contributed by atoms with Crippen LogP contribution in [0.1, 0.15) is 6.92 Å². The monoisotopic (exact) mass is 388 g/mol. The Balaban J connectivity index is 2.05. The third-order valence-corrected chi connectivity index (χ3v) is 4.49. The number of carbonyl (C=O) groups is 1. The van der Waals surface area contributed by atoms with Crippen molar-refractivity contribution < 1.29 is 17.9 Å². The van der Waals surface area contributed by atoms with Crippen LogP contribution in [0.5, 0.6) is 5.75 Å². The van der Waals surface area contributed by atoms with Gasteiger partial charge in [-0.15, -0.1) is 0 Å². The summed E-state index contributed by atoms with van der Waals surface area (Å²) >= 11 is 11.8. The van der Waals surface area contributed by atoms with Gasteiger partial charge in [0.15, 0.2) is 6.10 Å². The highest BCUT2D eigenvalue weighted by Gasteiger charge is 2.17. The molecule has 128 valence electrons. The molecule has 9 heteroatoms. The van der Waals surface area contributed by atoms with E-state index in [9.17, 15) is 13.2 Å². The number of halogens is 2. The highest BCUT2D eigenvalue weighted by Crippen LogP contribution is 2.28. The minimum atomic E-state index is -3.78. The van der Waals surface area contributed by atoms with E-state index in [0.29, 0.717) is 15.7 Å². The molecular formula is C15H14Cl2N2O4S. The molecule has 6 nitrogen and oxygen atoms in total. The molecule has 24 heavy (non-hydrogen) atoms. The Hall–Kier alpha value is -1.80. The van der Waals surface area contributed by atoms with Crippen LogP contribution in [-0.2, 0) is 14.8 Å². The highest BCUT2D eigenvalue weighted by molar-refractivity contribution is 7.89. The number of hydrogen-bond acceptors (Lipinski definition) is 4. The zero-order valence-corrected chi connectivity index (χ0v) is 14.8. The number of sulfonamides is 1. The highest BCUT2D eigenvalue weighted by atomic mass is 35.5. The van der Waals surface area contributed by atoms with Gasteiger partial charge < -0.3 is 10.1 Å². The van der Waals surface area contributed by atoms with Crippen LogP contribution < -0.4 is 15.2 Å². The average Bonchev–Trinajstić information content (AvgIpc) is 2.50. The number of nitrogens with two attached hydrogens (primary N) is 1. The van der Waals surface area contributed by atoms with E-state index in [1.54, 1.807) is 19.1 Å². The molecule has 1 amide bonds. The van der Waals surface area contributed by atoms with E-state index in [0.717, 1.165) is 0 Å². The molecule has 0 fully saturated rings. The number of carbonyl (C=O) groups excluding carboxylic acids is 1. The van der Waals surface area contributed by atoms with Crippen molar-refractivity contribution >= 4 is 44.8 Å². The second-order valence-corrected chi connectivity index (χ2v) is 7.30. The molecule has 0 saturated carbocycles. The summed E-state index contributed by atoms with van der Waals surface area (Å²) in [5.41, 5.74) is 0.403. The minimum Gasteiger partial charge on any atom is -0.479 e. The first kappa shape index (κ1) is 18.5. The molecule has 0 spiro atoms. The van der Waals surface area contributed by atoms with Gasteiger partial charge in [-0.05, 0) is 43.3 Å². The van der Waals surface area contributed by atoms with Gasteiger partial charge in [-0.1, -0.05) is 23.2 Å². The van der Waals surface area contributed by atoms with Gasteiger partial charge in [0.2, 0.25) is 10.0 Å². The van der Waals surface area contributed by atoms with E-state index in [1.807, 2.05) is 0 Å². The predicted molar refractivity (Wildman–Crippen MR) is 93.0 cm³/mol. The van der Waals surface area contributed by atoms with Crippen molar-refractivity contribution in [3.05, 3.63) is 52.5 Å². The zero-order chi connectivity index (χ0) is 17.9. The number of benzene rings is 2. The Morgan fingerprint density at radius 1 is 1.17 bits per heavy atom. The van der Waals surface area contributed by atoms with Gasteiger partial charge in [0.1, 0.15) is 5.75 Å². The lowest BCUT2D eigenvalue weighted by Crippen LogP contribution is -2.30. The summed E-state index contributed by atoms with van der Waals surface area (Å²) in [6.45, 7) is 1.55. The van der Waals surface area contributed by atoms with Gasteiger partial charge in [0, 0.05) is 16.8 Å². The maximum absolute atomic E-state index is 12.1. The molecule has 0 bridgehead atoms. The first-order chi connectivity index (χ1) is 11.2. The summed E-state index contributed by atoms with van der Waals surface area (Å²) in [7, 11) is -3.78. The second-order valence-electron chi connectivity index (χ2n) is 4.89. The van der Waals surface area contributed by atoms with Crippen LogP contribution in [0.15, 0.2) is 47.4 Å². The largest absolute Gasteiger partial charge is 0.479 e. The van der Waals surface area contributed by atoms with Gasteiger partial charge in [-0.25, -0.2) is 13.6 Å². The van der Waals surface area contributed by atoms with Crippen molar-refractivity contribution in [2.45, 2.75) is 17.9 Å². The molecule has 0 aromatic heterocycles. The quantitative estimate of drug-likeness (QED) is 0.821. The van der Waals surface area contributed by atoms with Crippen LogP contribution in [0.4, 0.5) is 5.69 Å². The standard InChI is InChI=1S/C15H14Cl2N2O4S/c1-9(23-14-8-10(16)2-7-13(14)17)15(20)19-11-3-5-12(6-4-11)24(18,21)22/h2-9H,1H3,(H,19,20)(H2,18,21,22). The summed E-state index contributed by atoms with van der Waals surface area (Å²) in [5.74, 6) is -0.147. The molecule has 0 radical (unpaired) electrons. The first-order valence-electron chi connectivity index (χ1n) is 6.72. The van der Waals surface area contributed by atoms with Crippen LogP contribution in [0.3, 0.4) is 0 Å². The van der Waals surface area contributed by atoms with Crippen molar-refractivity contribution in [1.29, 1.82) is 0 Å². The van der Waals surface area contributed by atoms with E-state index in [-0.39, 0.29) is 10.6 Å². The lowest BCUT2D eigenvalue weighted by Gasteiger charge is -2.16. The molecule has 0 aliphatic heterocycles. The predicted octanol–water partition coefficient (Wildman–Crippen LogP) is 3.05. The number of anilines is 1. The van der Waals surface area contributed by atoms with E-state index >= 15 is 0 Å². The smallest absolute Gasteiger partial charge is 0.265 e. The molecule has 2 aromatic rings. The topological polar surface area (TPSA) is 98.5 Å². The van der Waals surface area contributed by atoms with Crippen molar-refractivity contribution in [2.75, 3.05) is 5.32 Å². The molecule has 1 atom stereocenters. The molecule has 0 aliphatic rings. The number of amides is 1. The van der Waals surface area contributed by atoms with Crippen LogP contribution >= 0.6 is 23.2 Å². The minimum absolute atomic E-state index is 0.0458. The fraction of sp³-hybridized carbons (Fsp3) is 0.133. The Labute approximate surface area is 149 Å². The molecule has 2 rings (SSSR count). The normalized spacial score (nSPS) is 12.5. The van der Waals surface area contributed by atoms with Crippen LogP contribution in [0.2, 0.25) is 10.0 Å². The van der Waals surface area contributed by atoms with E-state index in [4.69, 9.17) is 33.1 Å². The Kier molecular flexibility index (Phi) is 5.71. The fourth-order valence-electron chi connectivity index (χ4n) is 1.78. The molecule has 3 N–H and O–H groups in total. The SMILES string of the molecule is CC(Oc1cc(Cl)ccc1Cl)C(=O)Nc1ccc(S(N)(=O)=O)cc1. The molecule has 1 unspecified atom stereocenters. The van der Waals surface area contributed by atoms with E-state index in [1.165, 1.54) is 30.3 Å². The van der Waals surface area contributed by atoms with Gasteiger partial charge in [-0.3, -0.25) is 4.79 Å². The third kappa shape index (κ3) is 4.85. The summed E-state index contributed by atoms with van der Waals surface area (Å²) in [6.07, 6.45) is -0.848. The lowest BCUT2D eigenvalue weighted by atomic mass is 10.3. The number of rotatable bonds is 5. The summed E-state index contributed by atoms with van der Waals surface area (Å²) in [4.78, 5) is 12.1. The van der Waals surface area contributed by atoms with E-state index in [2.05, 4.69) is 5.32 Å². The Morgan fingerprint density at radius 2 is 1.79 bits per heavy atom. The average molecular weight is 389 g/mol. The molecule has 0 heterocycles.